The summed E-state index contributed by atoms with van der Waals surface area (Å²) < 4.78 is 0.400. The van der Waals surface area contributed by atoms with Crippen LogP contribution in [0, 0.1) is 0 Å². The third-order valence-corrected chi connectivity index (χ3v) is 5.20. The van der Waals surface area contributed by atoms with Crippen molar-refractivity contribution in [1.29, 1.82) is 0 Å². The molecule has 0 aliphatic carbocycles. The van der Waals surface area contributed by atoms with Gasteiger partial charge in [-0.25, -0.2) is 0 Å². The van der Waals surface area contributed by atoms with E-state index in [1.165, 1.54) is 17.7 Å². The largest absolute Gasteiger partial charge is 0.389 e. The van der Waals surface area contributed by atoms with Crippen molar-refractivity contribution in [2.75, 3.05) is 18.8 Å². The van der Waals surface area contributed by atoms with E-state index in [4.69, 9.17) is 18.0 Å². The highest BCUT2D eigenvalue weighted by molar-refractivity contribution is 8.00. The van der Waals surface area contributed by atoms with Gasteiger partial charge in [0.2, 0.25) is 0 Å². The van der Waals surface area contributed by atoms with E-state index in [0.29, 0.717) is 9.74 Å². The molecule has 0 unspecified atom stereocenters. The minimum Gasteiger partial charge on any atom is -0.389 e. The summed E-state index contributed by atoms with van der Waals surface area (Å²) in [6, 6.07) is 8.22. The van der Waals surface area contributed by atoms with E-state index in [-0.39, 0.29) is 0 Å². The van der Waals surface area contributed by atoms with Gasteiger partial charge in [-0.05, 0) is 18.5 Å². The lowest BCUT2D eigenvalue weighted by molar-refractivity contribution is 0.276. The lowest BCUT2D eigenvalue weighted by Crippen LogP contribution is -2.28. The highest BCUT2D eigenvalue weighted by Gasteiger charge is 2.23. The van der Waals surface area contributed by atoms with Crippen LogP contribution in [0.4, 0.5) is 0 Å². The highest BCUT2D eigenvalue weighted by atomic mass is 32.2. The maximum absolute atomic E-state index is 5.80. The number of thiocarbonyl (C=S) groups is 1. The molecule has 0 amide bonds. The number of nitrogens with zero attached hydrogens (tertiary/aromatic N) is 1. The molecule has 1 aromatic carbocycles. The number of nitrogens with two attached hydrogens (primary N) is 1. The van der Waals surface area contributed by atoms with E-state index in [1.807, 2.05) is 12.1 Å². The minimum absolute atomic E-state index is 0.400. The number of rotatable bonds is 3. The summed E-state index contributed by atoms with van der Waals surface area (Å²) in [5, 5.41) is 0. The molecule has 0 bridgehead atoms. The van der Waals surface area contributed by atoms with Gasteiger partial charge in [-0.1, -0.05) is 50.3 Å². The summed E-state index contributed by atoms with van der Waals surface area (Å²) in [4.78, 5) is 3.01. The molecule has 1 aliphatic rings. The lowest BCUT2D eigenvalue weighted by atomic mass is 10.1. The van der Waals surface area contributed by atoms with Gasteiger partial charge in [-0.15, -0.1) is 0 Å². The maximum Gasteiger partial charge on any atom is 0.104 e. The SMILES string of the molecule is CC1(C)CCN(Cc2ccccc2C(N)=S)CCS1. The first-order chi connectivity index (χ1) is 8.98. The van der Waals surface area contributed by atoms with E-state index in [2.05, 4.69) is 42.6 Å². The molecule has 4 heteroatoms. The predicted molar refractivity (Wildman–Crippen MR) is 88.8 cm³/mol. The van der Waals surface area contributed by atoms with E-state index in [9.17, 15) is 0 Å². The average Bonchev–Trinajstić information content (AvgIpc) is 2.51. The Bertz CT molecular complexity index is 457. The molecule has 0 spiro atoms. The zero-order valence-corrected chi connectivity index (χ0v) is 13.3. The molecular weight excluding hydrogens is 272 g/mol. The molecule has 104 valence electrons. The smallest absolute Gasteiger partial charge is 0.104 e. The molecule has 19 heavy (non-hydrogen) atoms. The number of hydrogen-bond acceptors (Lipinski definition) is 3. The van der Waals surface area contributed by atoms with Gasteiger partial charge in [-0.2, -0.15) is 11.8 Å². The molecule has 0 radical (unpaired) electrons. The molecule has 1 aliphatic heterocycles. The zero-order valence-electron chi connectivity index (χ0n) is 11.7. The van der Waals surface area contributed by atoms with Crippen molar-refractivity contribution in [2.45, 2.75) is 31.6 Å². The maximum atomic E-state index is 5.80. The Morgan fingerprint density at radius 3 is 2.84 bits per heavy atom. The first kappa shape index (κ1) is 14.8. The Labute approximate surface area is 125 Å². The Kier molecular flexibility index (Phi) is 4.87. The van der Waals surface area contributed by atoms with Gasteiger partial charge in [0.15, 0.2) is 0 Å². The van der Waals surface area contributed by atoms with Gasteiger partial charge in [0.05, 0.1) is 0 Å². The molecule has 1 heterocycles. The van der Waals surface area contributed by atoms with E-state index >= 15 is 0 Å². The zero-order chi connectivity index (χ0) is 13.9. The third kappa shape index (κ3) is 4.20. The van der Waals surface area contributed by atoms with Gasteiger partial charge >= 0.3 is 0 Å². The Hall–Kier alpha value is -0.580. The van der Waals surface area contributed by atoms with Gasteiger partial charge < -0.3 is 5.73 Å². The van der Waals surface area contributed by atoms with Crippen LogP contribution in [0.1, 0.15) is 31.4 Å². The summed E-state index contributed by atoms with van der Waals surface area (Å²) in [5.41, 5.74) is 8.07. The summed E-state index contributed by atoms with van der Waals surface area (Å²) in [7, 11) is 0. The second kappa shape index (κ2) is 6.25. The van der Waals surface area contributed by atoms with Crippen LogP contribution in [-0.4, -0.2) is 33.5 Å². The van der Waals surface area contributed by atoms with Crippen LogP contribution in [0.5, 0.6) is 0 Å². The van der Waals surface area contributed by atoms with Crippen molar-refractivity contribution < 1.29 is 0 Å². The molecule has 1 fully saturated rings. The average molecular weight is 294 g/mol. The van der Waals surface area contributed by atoms with E-state index < -0.39 is 0 Å². The molecule has 2 rings (SSSR count). The summed E-state index contributed by atoms with van der Waals surface area (Å²) >= 11 is 7.21. The second-order valence-electron chi connectivity index (χ2n) is 5.66. The minimum atomic E-state index is 0.400. The van der Waals surface area contributed by atoms with Gasteiger partial charge in [-0.3, -0.25) is 4.90 Å². The van der Waals surface area contributed by atoms with Crippen LogP contribution in [0.3, 0.4) is 0 Å². The van der Waals surface area contributed by atoms with Crippen molar-refractivity contribution in [3.8, 4) is 0 Å². The number of benzene rings is 1. The molecule has 2 N–H and O–H groups in total. The Balaban J connectivity index is 2.07. The van der Waals surface area contributed by atoms with Gasteiger partial charge in [0, 0.05) is 29.2 Å². The van der Waals surface area contributed by atoms with E-state index in [1.54, 1.807) is 0 Å². The summed E-state index contributed by atoms with van der Waals surface area (Å²) in [5.74, 6) is 1.20. The molecule has 2 nitrogen and oxygen atoms in total. The Morgan fingerprint density at radius 1 is 1.37 bits per heavy atom. The normalized spacial score (nSPS) is 19.9. The highest BCUT2D eigenvalue weighted by Crippen LogP contribution is 2.31. The van der Waals surface area contributed by atoms with Crippen LogP contribution < -0.4 is 5.73 Å². The van der Waals surface area contributed by atoms with Gasteiger partial charge in [0.25, 0.3) is 0 Å². The molecule has 0 atom stereocenters. The molecule has 0 aromatic heterocycles. The molecule has 1 saturated heterocycles. The molecular formula is C15H22N2S2. The predicted octanol–water partition coefficient (Wildman–Crippen LogP) is 3.04. The van der Waals surface area contributed by atoms with Crippen LogP contribution in [0.2, 0.25) is 0 Å². The van der Waals surface area contributed by atoms with Crippen LogP contribution in [0.25, 0.3) is 0 Å². The van der Waals surface area contributed by atoms with Crippen molar-refractivity contribution in [2.24, 2.45) is 5.73 Å². The van der Waals surface area contributed by atoms with Crippen molar-refractivity contribution in [1.82, 2.24) is 4.90 Å². The fourth-order valence-corrected chi connectivity index (χ4v) is 3.70. The van der Waals surface area contributed by atoms with E-state index in [0.717, 1.165) is 25.2 Å². The standard InChI is InChI=1S/C15H22N2S2/c1-15(2)7-8-17(9-10-19-15)11-12-5-3-4-6-13(12)14(16)18/h3-6H,7-11H2,1-2H3,(H2,16,18). The van der Waals surface area contributed by atoms with Crippen LogP contribution in [-0.2, 0) is 6.54 Å². The number of thioether (sulfide) groups is 1. The monoisotopic (exact) mass is 294 g/mol. The fourth-order valence-electron chi connectivity index (χ4n) is 2.36. The lowest BCUT2D eigenvalue weighted by Gasteiger charge is -2.23. The quantitative estimate of drug-likeness (QED) is 0.868. The van der Waals surface area contributed by atoms with Crippen molar-refractivity contribution >= 4 is 29.0 Å². The second-order valence-corrected chi connectivity index (χ2v) is 7.90. The number of hydrogen-bond donors (Lipinski definition) is 1. The molecule has 0 saturated carbocycles. The van der Waals surface area contributed by atoms with Gasteiger partial charge in [0.1, 0.15) is 4.99 Å². The molecule has 1 aromatic rings. The first-order valence-corrected chi connectivity index (χ1v) is 8.11. The fraction of sp³-hybridized carbons (Fsp3) is 0.533. The third-order valence-electron chi connectivity index (χ3n) is 3.61. The van der Waals surface area contributed by atoms with Crippen molar-refractivity contribution in [3.05, 3.63) is 35.4 Å². The van der Waals surface area contributed by atoms with Crippen molar-refractivity contribution in [3.63, 3.8) is 0 Å². The summed E-state index contributed by atoms with van der Waals surface area (Å²) in [6.45, 7) is 7.91. The summed E-state index contributed by atoms with van der Waals surface area (Å²) in [6.07, 6.45) is 1.23. The first-order valence-electron chi connectivity index (χ1n) is 6.72. The van der Waals surface area contributed by atoms with Crippen LogP contribution in [0.15, 0.2) is 24.3 Å². The Morgan fingerprint density at radius 2 is 2.11 bits per heavy atom. The topological polar surface area (TPSA) is 29.3 Å². The van der Waals surface area contributed by atoms with Crippen LogP contribution >= 0.6 is 24.0 Å².